The van der Waals surface area contributed by atoms with Crippen molar-refractivity contribution in [3.8, 4) is 0 Å². The number of phosphoric acid groups is 2. The normalized spacial score (nSPS) is 18.8. The highest BCUT2D eigenvalue weighted by atomic mass is 35.5. The van der Waals surface area contributed by atoms with Gasteiger partial charge < -0.3 is 51.3 Å². The van der Waals surface area contributed by atoms with Gasteiger partial charge in [-0.05, 0) is 159 Å². The zero-order valence-corrected chi connectivity index (χ0v) is 66.2. The van der Waals surface area contributed by atoms with Gasteiger partial charge in [0.2, 0.25) is 30.1 Å². The Hall–Kier alpha value is -7.63. The molecule has 3 heterocycles. The third-order valence-corrected chi connectivity index (χ3v) is 25.4. The van der Waals surface area contributed by atoms with Crippen molar-refractivity contribution < 1.29 is 129 Å². The molecule has 616 valence electrons. The van der Waals surface area contributed by atoms with Crippen molar-refractivity contribution in [1.29, 1.82) is 0 Å². The molecule has 0 radical (unpaired) electrons. The predicted molar refractivity (Wildman–Crippen MR) is 405 cm³/mol. The van der Waals surface area contributed by atoms with Gasteiger partial charge in [-0.1, -0.05) is 95.5 Å². The maximum atomic E-state index is 15.1. The molecule has 10 N–H and O–H groups in total. The molecule has 8 aromatic carbocycles. The van der Waals surface area contributed by atoms with Crippen LogP contribution in [-0.2, 0) is 70.5 Å². The first-order valence-corrected chi connectivity index (χ1v) is 42.4. The molecule has 0 bridgehead atoms. The molecule has 0 aliphatic carbocycles. The summed E-state index contributed by atoms with van der Waals surface area (Å²) in [6.07, 6.45) is -6.23. The van der Waals surface area contributed by atoms with Crippen molar-refractivity contribution in [3.05, 3.63) is 248 Å². The fourth-order valence-electron chi connectivity index (χ4n) is 11.3. The highest BCUT2D eigenvalue weighted by Gasteiger charge is 2.41. The number of carbonyl (C=O) groups is 3. The first-order valence-electron chi connectivity index (χ1n) is 34.0. The summed E-state index contributed by atoms with van der Waals surface area (Å²) in [7, 11) is -22.1. The average molecular weight is 1750 g/mol. The molecule has 3 amide bonds. The van der Waals surface area contributed by atoms with E-state index < -0.39 is 176 Å². The number of nitrogens with one attached hydrogen (secondary N) is 3. The summed E-state index contributed by atoms with van der Waals surface area (Å²) in [5, 5.41) is 54.0. The third kappa shape index (κ3) is 25.9. The van der Waals surface area contributed by atoms with Crippen molar-refractivity contribution in [2.75, 3.05) is 62.3 Å². The number of phosphoric ester groups is 2. The molecule has 3 saturated heterocycles. The number of halogens is 9. The second kappa shape index (κ2) is 41.0. The zero-order chi connectivity index (χ0) is 83.6. The van der Waals surface area contributed by atoms with Gasteiger partial charge in [0, 0.05) is 80.1 Å². The molecular formula is C72H75Cl3F6N6O22P2S3. The molecule has 0 unspecified atom stereocenters. The third-order valence-electron chi connectivity index (χ3n) is 16.9. The van der Waals surface area contributed by atoms with E-state index in [4.69, 9.17) is 63.3 Å². The summed E-state index contributed by atoms with van der Waals surface area (Å²) in [5.41, 5.74) is 1.15. The van der Waals surface area contributed by atoms with Gasteiger partial charge in [0.05, 0.1) is 64.9 Å². The molecule has 8 aromatic rings. The van der Waals surface area contributed by atoms with Crippen LogP contribution in [0.15, 0.2) is 185 Å². The maximum Gasteiger partial charge on any atom is 0.475 e. The number of rotatable bonds is 22. The number of aliphatic hydroxyl groups excluding tert-OH is 5. The highest BCUT2D eigenvalue weighted by Crippen LogP contribution is 2.53. The molecule has 42 heteroatoms. The van der Waals surface area contributed by atoms with E-state index in [-0.39, 0.29) is 114 Å². The second-order valence-electron chi connectivity index (χ2n) is 25.4. The SMILES string of the molecule is CO.O=C(Nc1ccc(F)c(Cl)c1)c1ccc(F)c(S(=O)(=O)N2C[C@H](O)CC[C@H](O)C2)c1.O=C(Nc1ccc(F)c(Cl)c1)c1ccc(F)c(S(=O)(=O)N2C[C@H](O)CC[C@H](OP(=O)(O)O)C2)c1.O=C(Nc1ccc(F)c(Cl)c1)c1ccc(F)c(S(=O)(=O)N2C[C@H](O)CC[C@H](OP(=O)(OCc3ccccc3)OCc3ccccc3)C2)c1. The molecule has 28 nitrogen and oxygen atoms in total. The smallest absolute Gasteiger partial charge is 0.400 e. The predicted octanol–water partition coefficient (Wildman–Crippen LogP) is 11.4. The highest BCUT2D eigenvalue weighted by molar-refractivity contribution is 7.89. The molecule has 3 fully saturated rings. The van der Waals surface area contributed by atoms with E-state index in [1.807, 2.05) is 12.1 Å². The number of hydrogen-bond acceptors (Lipinski definition) is 20. The Labute approximate surface area is 665 Å². The lowest BCUT2D eigenvalue weighted by molar-refractivity contribution is 0.0617. The van der Waals surface area contributed by atoms with Crippen LogP contribution in [0.25, 0.3) is 0 Å². The lowest BCUT2D eigenvalue weighted by Gasteiger charge is -2.27. The van der Waals surface area contributed by atoms with E-state index >= 15 is 4.39 Å². The molecule has 0 aromatic heterocycles. The van der Waals surface area contributed by atoms with Gasteiger partial charge in [0.25, 0.3) is 17.7 Å². The quantitative estimate of drug-likeness (QED) is 0.0222. The van der Waals surface area contributed by atoms with E-state index in [2.05, 4.69) is 20.5 Å². The summed E-state index contributed by atoms with van der Waals surface area (Å²) in [5.74, 6) is -7.90. The van der Waals surface area contributed by atoms with Gasteiger partial charge in [0.1, 0.15) is 49.6 Å². The van der Waals surface area contributed by atoms with Crippen molar-refractivity contribution in [3.63, 3.8) is 0 Å². The number of β-amino-alcohol motifs (C(OH)–C–C–N with tert-alkyl or cyclic N) is 4. The van der Waals surface area contributed by atoms with E-state index in [1.54, 1.807) is 48.5 Å². The van der Waals surface area contributed by atoms with Gasteiger partial charge in [-0.2, -0.15) is 12.9 Å². The number of sulfonamides is 3. The van der Waals surface area contributed by atoms with Crippen LogP contribution in [0.2, 0.25) is 15.1 Å². The summed E-state index contributed by atoms with van der Waals surface area (Å²) in [6.45, 7) is -2.76. The first kappa shape index (κ1) is 91.9. The Morgan fingerprint density at radius 2 is 0.675 bits per heavy atom. The Kier molecular flexibility index (Phi) is 33.0. The van der Waals surface area contributed by atoms with E-state index in [9.17, 15) is 91.1 Å². The number of hydrogen-bond donors (Lipinski definition) is 10. The fraction of sp³-hybridized carbons (Fsp3) is 0.292. The van der Waals surface area contributed by atoms with E-state index in [0.717, 1.165) is 94.6 Å². The lowest BCUT2D eigenvalue weighted by Crippen LogP contribution is -2.40. The second-order valence-corrected chi connectivity index (χ2v) is 35.2. The number of benzene rings is 8. The van der Waals surface area contributed by atoms with Crippen LogP contribution in [0.4, 0.5) is 43.4 Å². The van der Waals surface area contributed by atoms with E-state index in [0.29, 0.717) is 15.4 Å². The van der Waals surface area contributed by atoms with E-state index in [1.165, 1.54) is 30.3 Å². The molecule has 0 saturated carbocycles. The number of carbonyl (C=O) groups excluding carboxylic acids is 3. The van der Waals surface area contributed by atoms with Crippen LogP contribution >= 0.6 is 50.4 Å². The molecule has 3 aliphatic rings. The van der Waals surface area contributed by atoms with Gasteiger partial charge >= 0.3 is 15.6 Å². The molecule has 3 aliphatic heterocycles. The average Bonchev–Trinajstić information content (AvgIpc) is 1.27. The summed E-state index contributed by atoms with van der Waals surface area (Å²) in [4.78, 5) is 53.6. The van der Waals surface area contributed by atoms with Crippen molar-refractivity contribution in [1.82, 2.24) is 12.9 Å². The number of aliphatic hydroxyl groups is 5. The van der Waals surface area contributed by atoms with Gasteiger partial charge in [-0.25, -0.2) is 60.7 Å². The minimum atomic E-state index is -4.96. The summed E-state index contributed by atoms with van der Waals surface area (Å²) >= 11 is 17.1. The maximum absolute atomic E-state index is 15.1. The lowest BCUT2D eigenvalue weighted by atomic mass is 10.1. The largest absolute Gasteiger partial charge is 0.475 e. The fourth-order valence-corrected chi connectivity index (χ4v) is 18.5. The van der Waals surface area contributed by atoms with Crippen LogP contribution < -0.4 is 16.0 Å². The topological polar surface area (TPSA) is 412 Å². The zero-order valence-electron chi connectivity index (χ0n) is 59.6. The monoisotopic (exact) mass is 1750 g/mol. The molecular weight excluding hydrogens is 1680 g/mol. The van der Waals surface area contributed by atoms with Crippen LogP contribution in [0, 0.1) is 34.9 Å². The van der Waals surface area contributed by atoms with Crippen molar-refractivity contribution in [2.45, 2.75) is 103 Å². The van der Waals surface area contributed by atoms with Crippen molar-refractivity contribution >= 4 is 115 Å². The van der Waals surface area contributed by atoms with Crippen LogP contribution in [0.3, 0.4) is 0 Å². The Morgan fingerprint density at radius 1 is 0.404 bits per heavy atom. The van der Waals surface area contributed by atoms with Crippen LogP contribution in [0.1, 0.15) is 80.7 Å². The number of anilines is 3. The summed E-state index contributed by atoms with van der Waals surface area (Å²) < 4.78 is 213. The van der Waals surface area contributed by atoms with Gasteiger partial charge in [-0.3, -0.25) is 32.5 Å². The summed E-state index contributed by atoms with van der Waals surface area (Å²) in [6, 6.07) is 36.2. The van der Waals surface area contributed by atoms with Crippen LogP contribution in [0.5, 0.6) is 0 Å². The van der Waals surface area contributed by atoms with Crippen molar-refractivity contribution in [2.24, 2.45) is 0 Å². The van der Waals surface area contributed by atoms with Gasteiger partial charge in [-0.15, -0.1) is 0 Å². The molecule has 114 heavy (non-hydrogen) atoms. The Balaban J connectivity index is 0.000000219. The first-order chi connectivity index (χ1) is 53.7. The number of amides is 3. The Bertz CT molecular complexity index is 5130. The molecule has 6 atom stereocenters. The van der Waals surface area contributed by atoms with Crippen LogP contribution in [-0.4, -0.2) is 174 Å². The molecule has 0 spiro atoms. The standard InChI is InChI=1S/C33H32ClF2N2O8PS.C19H20ClF2N2O8PS.C19H19ClF2N2O5S.CH4O/c34-29-18-26(12-16-30(29)35)37-33(40)25-11-15-31(36)32(17-25)48(42,43)38-19-27(39)13-14-28(20-38)46-47(41,44-21-23-7-3-1-4-8-23)45-22-24-9-5-2-6-10-24;20-15-8-12(2-6-16(15)21)23-19(26)11-1-5-17(22)18(7-11)34(30,31)24-9-13(25)3-4-14(10-24)32-33(27,28)29;20-15-8-12(2-6-16(15)21)23-19(27)11-1-5-17(22)18(7-11)30(28,29)24-9-13(25)3-4-14(26)10-24;1-2/h1-12,15-18,27-28,39H,13-14,19-22H2,(H,37,40);1-2,5-8,13-14,25H,3-4,9-10H2,(H,23,26)(H2,27,28,29);1-2,5-8,13-14,25-26H,3-4,9-10H2,(H,23,27);2H,1H3/t27-,28+;2*13-,14+;/m11../s1. The number of nitrogens with zero attached hydrogens (tertiary/aromatic N) is 3. The molecule has 11 rings (SSSR count). The Morgan fingerprint density at radius 3 is 0.965 bits per heavy atom. The minimum Gasteiger partial charge on any atom is -0.400 e. The minimum absolute atomic E-state index is 0.0121. The van der Waals surface area contributed by atoms with Gasteiger partial charge in [0.15, 0.2) is 0 Å².